The molecule has 0 aliphatic carbocycles. The quantitative estimate of drug-likeness (QED) is 0.810. The largest absolute Gasteiger partial charge is 0.377 e. The van der Waals surface area contributed by atoms with Crippen LogP contribution >= 0.6 is 0 Å². The van der Waals surface area contributed by atoms with Gasteiger partial charge in [-0.2, -0.15) is 0 Å². The van der Waals surface area contributed by atoms with Gasteiger partial charge >= 0.3 is 0 Å². The third kappa shape index (κ3) is 1.44. The zero-order valence-corrected chi connectivity index (χ0v) is 10.9. The summed E-state index contributed by atoms with van der Waals surface area (Å²) in [5, 5.41) is 10.8. The minimum atomic E-state index is -3.59. The highest BCUT2D eigenvalue weighted by atomic mass is 32.2. The molecule has 1 heterocycles. The van der Waals surface area contributed by atoms with Crippen LogP contribution in [0, 0.1) is 0 Å². The third-order valence-electron chi connectivity index (χ3n) is 3.47. The molecule has 19 heavy (non-hydrogen) atoms. The normalized spacial score (nSPS) is 18.2. The summed E-state index contributed by atoms with van der Waals surface area (Å²) in [5.41, 5.74) is -0.772. The van der Waals surface area contributed by atoms with Crippen LogP contribution in [0.2, 0.25) is 0 Å². The number of sulfone groups is 1. The van der Waals surface area contributed by atoms with Gasteiger partial charge in [0.05, 0.1) is 9.79 Å². The lowest BCUT2D eigenvalue weighted by Crippen LogP contribution is -2.33. The van der Waals surface area contributed by atoms with Gasteiger partial charge in [-0.15, -0.1) is 0 Å². The van der Waals surface area contributed by atoms with E-state index in [2.05, 4.69) is 6.58 Å². The predicted molar refractivity (Wildman–Crippen MR) is 71.5 cm³/mol. The molecule has 96 valence electrons. The Kier molecular flexibility index (Phi) is 2.42. The van der Waals surface area contributed by atoms with E-state index in [-0.39, 0.29) is 9.79 Å². The number of fused-ring (bicyclic) bond motifs is 2. The molecule has 3 nitrogen and oxygen atoms in total. The van der Waals surface area contributed by atoms with Crippen molar-refractivity contribution in [3.8, 4) is 0 Å². The second kappa shape index (κ2) is 3.79. The fourth-order valence-corrected chi connectivity index (χ4v) is 4.29. The summed E-state index contributed by atoms with van der Waals surface area (Å²) >= 11 is 0. The Hall–Kier alpha value is -1.91. The predicted octanol–water partition coefficient (Wildman–Crippen LogP) is 2.25. The molecule has 4 heteroatoms. The lowest BCUT2D eigenvalue weighted by atomic mass is 9.86. The van der Waals surface area contributed by atoms with Crippen molar-refractivity contribution >= 4 is 9.84 Å². The molecule has 0 spiro atoms. The van der Waals surface area contributed by atoms with E-state index < -0.39 is 15.4 Å². The summed E-state index contributed by atoms with van der Waals surface area (Å²) in [5.74, 6) is 0. The Morgan fingerprint density at radius 3 is 1.79 bits per heavy atom. The number of hydrogen-bond donors (Lipinski definition) is 1. The molecule has 2 aromatic carbocycles. The van der Waals surface area contributed by atoms with Crippen LogP contribution in [0.25, 0.3) is 0 Å². The average molecular weight is 272 g/mol. The molecule has 0 unspecified atom stereocenters. The van der Waals surface area contributed by atoms with Gasteiger partial charge in [-0.3, -0.25) is 0 Å². The van der Waals surface area contributed by atoms with E-state index in [1.54, 1.807) is 36.4 Å². The Morgan fingerprint density at radius 2 is 1.37 bits per heavy atom. The van der Waals surface area contributed by atoms with Gasteiger partial charge in [0.15, 0.2) is 0 Å². The molecule has 2 aromatic rings. The third-order valence-corrected chi connectivity index (χ3v) is 5.34. The summed E-state index contributed by atoms with van der Waals surface area (Å²) < 4.78 is 25.1. The maximum atomic E-state index is 12.6. The van der Waals surface area contributed by atoms with Crippen molar-refractivity contribution in [1.82, 2.24) is 0 Å². The van der Waals surface area contributed by atoms with Crippen LogP contribution in [-0.2, 0) is 15.4 Å². The van der Waals surface area contributed by atoms with Crippen molar-refractivity contribution in [2.24, 2.45) is 0 Å². The smallest absolute Gasteiger partial charge is 0.207 e. The van der Waals surface area contributed by atoms with E-state index in [1.165, 1.54) is 18.2 Å². The first-order valence-corrected chi connectivity index (χ1v) is 7.30. The zero-order valence-electron chi connectivity index (χ0n) is 10.1. The monoisotopic (exact) mass is 272 g/mol. The minimum absolute atomic E-state index is 0.135. The Bertz CT molecular complexity index is 722. The van der Waals surface area contributed by atoms with E-state index in [0.29, 0.717) is 11.1 Å². The molecule has 3 rings (SSSR count). The van der Waals surface area contributed by atoms with Crippen molar-refractivity contribution in [3.63, 3.8) is 0 Å². The maximum absolute atomic E-state index is 12.6. The molecule has 0 aromatic heterocycles. The van der Waals surface area contributed by atoms with Gasteiger partial charge < -0.3 is 5.11 Å². The number of rotatable bonds is 1. The highest BCUT2D eigenvalue weighted by Crippen LogP contribution is 2.44. The molecule has 0 saturated carbocycles. The van der Waals surface area contributed by atoms with Crippen LogP contribution in [0.15, 0.2) is 71.0 Å². The van der Waals surface area contributed by atoms with Gasteiger partial charge in [-0.05, 0) is 12.1 Å². The van der Waals surface area contributed by atoms with Crippen LogP contribution in [-0.4, -0.2) is 13.5 Å². The number of aliphatic hydroxyl groups is 1. The van der Waals surface area contributed by atoms with E-state index in [0.717, 1.165) is 0 Å². The van der Waals surface area contributed by atoms with Crippen LogP contribution in [0.5, 0.6) is 0 Å². The zero-order chi connectivity index (χ0) is 13.7. The summed E-state index contributed by atoms with van der Waals surface area (Å²) in [6.45, 7) is 3.66. The molecular weight excluding hydrogens is 260 g/mol. The average Bonchev–Trinajstić information content (AvgIpc) is 2.45. The van der Waals surface area contributed by atoms with E-state index in [1.807, 2.05) is 0 Å². The molecule has 1 N–H and O–H groups in total. The highest BCUT2D eigenvalue weighted by Gasteiger charge is 2.42. The first-order chi connectivity index (χ1) is 9.02. The Labute approximate surface area is 111 Å². The van der Waals surface area contributed by atoms with Crippen molar-refractivity contribution in [1.29, 1.82) is 0 Å². The van der Waals surface area contributed by atoms with Gasteiger partial charge in [0.1, 0.15) is 5.60 Å². The van der Waals surface area contributed by atoms with Crippen molar-refractivity contribution in [2.75, 3.05) is 0 Å². The van der Waals surface area contributed by atoms with E-state index >= 15 is 0 Å². The number of benzene rings is 2. The Morgan fingerprint density at radius 1 is 0.947 bits per heavy atom. The maximum Gasteiger partial charge on any atom is 0.207 e. The summed E-state index contributed by atoms with van der Waals surface area (Å²) in [7, 11) is -3.59. The van der Waals surface area contributed by atoms with Gasteiger partial charge in [0, 0.05) is 11.1 Å². The molecule has 0 radical (unpaired) electrons. The Balaban J connectivity index is 2.52. The van der Waals surface area contributed by atoms with Crippen LogP contribution in [0.4, 0.5) is 0 Å². The van der Waals surface area contributed by atoms with Crippen molar-refractivity contribution < 1.29 is 13.5 Å². The molecular formula is C15H12O3S. The topological polar surface area (TPSA) is 54.4 Å². The first kappa shape index (κ1) is 12.1. The molecule has 0 atom stereocenters. The standard InChI is InChI=1S/C15H12O3S/c1-2-15(16)11-7-3-5-9-13(11)19(17,18)14-10-6-4-8-12(14)15/h2-10,16H,1H2. The molecule has 0 bridgehead atoms. The minimum Gasteiger partial charge on any atom is -0.377 e. The lowest BCUT2D eigenvalue weighted by Gasteiger charge is -2.33. The van der Waals surface area contributed by atoms with Crippen LogP contribution in [0.1, 0.15) is 11.1 Å². The van der Waals surface area contributed by atoms with Crippen molar-refractivity contribution in [2.45, 2.75) is 15.4 Å². The fraction of sp³-hybridized carbons (Fsp3) is 0.0667. The van der Waals surface area contributed by atoms with E-state index in [4.69, 9.17) is 0 Å². The second-order valence-electron chi connectivity index (χ2n) is 4.47. The SMILES string of the molecule is C=CC1(O)c2ccccc2S(=O)(=O)c2ccccc21. The lowest BCUT2D eigenvalue weighted by molar-refractivity contribution is 0.126. The summed E-state index contributed by atoms with van der Waals surface area (Å²) in [6, 6.07) is 13.0. The molecule has 0 saturated heterocycles. The second-order valence-corrected chi connectivity index (χ2v) is 6.35. The highest BCUT2D eigenvalue weighted by molar-refractivity contribution is 7.91. The fourth-order valence-electron chi connectivity index (χ4n) is 2.52. The summed E-state index contributed by atoms with van der Waals surface area (Å²) in [6.07, 6.45) is 1.37. The van der Waals surface area contributed by atoms with Gasteiger partial charge in [-0.1, -0.05) is 49.1 Å². The van der Waals surface area contributed by atoms with Gasteiger partial charge in [0.25, 0.3) is 0 Å². The van der Waals surface area contributed by atoms with Crippen LogP contribution < -0.4 is 0 Å². The van der Waals surface area contributed by atoms with Crippen LogP contribution in [0.3, 0.4) is 0 Å². The first-order valence-electron chi connectivity index (χ1n) is 5.82. The van der Waals surface area contributed by atoms with Gasteiger partial charge in [-0.25, -0.2) is 8.42 Å². The molecule has 1 aliphatic rings. The molecule has 0 fully saturated rings. The number of hydrogen-bond acceptors (Lipinski definition) is 3. The molecule has 0 amide bonds. The molecule has 1 aliphatic heterocycles. The summed E-state index contributed by atoms with van der Waals surface area (Å²) in [4.78, 5) is 0.271. The van der Waals surface area contributed by atoms with E-state index in [9.17, 15) is 13.5 Å². The van der Waals surface area contributed by atoms with Gasteiger partial charge in [0.2, 0.25) is 9.84 Å². The van der Waals surface area contributed by atoms with Crippen molar-refractivity contribution in [3.05, 3.63) is 72.3 Å².